The van der Waals surface area contributed by atoms with Crippen LogP contribution in [0.2, 0.25) is 0 Å². The minimum Gasteiger partial charge on any atom is -0.497 e. The normalized spacial score (nSPS) is 21.4. The van der Waals surface area contributed by atoms with Crippen LogP contribution in [-0.2, 0) is 11.2 Å². The Balaban J connectivity index is 1.46. The summed E-state index contributed by atoms with van der Waals surface area (Å²) in [7, 11) is 3.37. The van der Waals surface area contributed by atoms with E-state index in [9.17, 15) is 4.79 Å². The summed E-state index contributed by atoms with van der Waals surface area (Å²) in [5.74, 6) is 1.76. The molecular formula is C24H30N2O3. The second kappa shape index (κ2) is 8.87. The largest absolute Gasteiger partial charge is 0.497 e. The molecule has 0 aromatic heterocycles. The number of likely N-dealkylation sites (tertiary alicyclic amines) is 1. The lowest BCUT2D eigenvalue weighted by atomic mass is 9.88. The van der Waals surface area contributed by atoms with Gasteiger partial charge in [-0.3, -0.25) is 9.69 Å². The number of rotatable bonds is 6. The minimum absolute atomic E-state index is 0.0977. The maximum absolute atomic E-state index is 12.9. The molecular weight excluding hydrogens is 364 g/mol. The second-order valence-corrected chi connectivity index (χ2v) is 7.95. The number of carbonyl (C=O) groups is 1. The van der Waals surface area contributed by atoms with E-state index < -0.39 is 0 Å². The molecule has 2 aromatic carbocycles. The molecule has 0 radical (unpaired) electrons. The smallest absolute Gasteiger partial charge is 0.234 e. The summed E-state index contributed by atoms with van der Waals surface area (Å²) in [6.45, 7) is 1.32. The highest BCUT2D eigenvalue weighted by Crippen LogP contribution is 2.38. The molecule has 0 saturated carbocycles. The third-order valence-corrected chi connectivity index (χ3v) is 6.21. The molecule has 0 unspecified atom stereocenters. The van der Waals surface area contributed by atoms with E-state index in [0.717, 1.165) is 55.7 Å². The van der Waals surface area contributed by atoms with E-state index in [-0.39, 0.29) is 18.0 Å². The molecule has 4 rings (SSSR count). The van der Waals surface area contributed by atoms with Gasteiger partial charge in [-0.2, -0.15) is 0 Å². The first-order chi connectivity index (χ1) is 14.2. The van der Waals surface area contributed by atoms with Gasteiger partial charge in [-0.25, -0.2) is 0 Å². The summed E-state index contributed by atoms with van der Waals surface area (Å²) < 4.78 is 11.0. The molecule has 1 N–H and O–H groups in total. The molecule has 2 aliphatic rings. The molecule has 29 heavy (non-hydrogen) atoms. The Morgan fingerprint density at radius 2 is 1.93 bits per heavy atom. The van der Waals surface area contributed by atoms with Crippen molar-refractivity contribution in [2.45, 2.75) is 44.2 Å². The second-order valence-electron chi connectivity index (χ2n) is 7.95. The maximum Gasteiger partial charge on any atom is 0.234 e. The van der Waals surface area contributed by atoms with Crippen LogP contribution in [0.5, 0.6) is 11.5 Å². The number of fused-ring (bicyclic) bond motifs is 1. The SMILES string of the molecule is COc1ccc(OC)c([C@@H]2CCCN2CC(=O)N[C@@H]2CCCc3ccccc32)c1. The van der Waals surface area contributed by atoms with Crippen molar-refractivity contribution in [3.05, 3.63) is 59.2 Å². The van der Waals surface area contributed by atoms with E-state index in [1.807, 2.05) is 18.2 Å². The minimum atomic E-state index is 0.0977. The lowest BCUT2D eigenvalue weighted by molar-refractivity contribution is -0.123. The lowest BCUT2D eigenvalue weighted by Crippen LogP contribution is -2.39. The Morgan fingerprint density at radius 3 is 2.76 bits per heavy atom. The average molecular weight is 395 g/mol. The van der Waals surface area contributed by atoms with Gasteiger partial charge in [0.15, 0.2) is 0 Å². The third-order valence-electron chi connectivity index (χ3n) is 6.21. The van der Waals surface area contributed by atoms with Crippen LogP contribution in [0.25, 0.3) is 0 Å². The topological polar surface area (TPSA) is 50.8 Å². The van der Waals surface area contributed by atoms with Gasteiger partial charge in [0.25, 0.3) is 0 Å². The third kappa shape index (κ3) is 4.25. The average Bonchev–Trinajstić information content (AvgIpc) is 3.21. The molecule has 0 spiro atoms. The van der Waals surface area contributed by atoms with Crippen LogP contribution < -0.4 is 14.8 Å². The van der Waals surface area contributed by atoms with Gasteiger partial charge in [0.1, 0.15) is 11.5 Å². The fraction of sp³-hybridized carbons (Fsp3) is 0.458. The van der Waals surface area contributed by atoms with E-state index in [2.05, 4.69) is 34.5 Å². The fourth-order valence-electron chi connectivity index (χ4n) is 4.80. The summed E-state index contributed by atoms with van der Waals surface area (Å²) in [5, 5.41) is 3.29. The number of aryl methyl sites for hydroxylation is 1. The number of carbonyl (C=O) groups excluding carboxylic acids is 1. The molecule has 1 saturated heterocycles. The Labute approximate surface area is 173 Å². The van der Waals surface area contributed by atoms with Crippen LogP contribution in [0, 0.1) is 0 Å². The summed E-state index contributed by atoms with van der Waals surface area (Å²) >= 11 is 0. The Kier molecular flexibility index (Phi) is 6.05. The molecule has 1 heterocycles. The van der Waals surface area contributed by atoms with Crippen LogP contribution in [0.15, 0.2) is 42.5 Å². The van der Waals surface area contributed by atoms with Crippen molar-refractivity contribution in [1.29, 1.82) is 0 Å². The number of methoxy groups -OCH3 is 2. The Bertz CT molecular complexity index is 867. The number of hydrogen-bond acceptors (Lipinski definition) is 4. The molecule has 154 valence electrons. The van der Waals surface area contributed by atoms with Gasteiger partial charge in [0.05, 0.1) is 26.8 Å². The fourth-order valence-corrected chi connectivity index (χ4v) is 4.80. The molecule has 1 aliphatic carbocycles. The molecule has 1 amide bonds. The van der Waals surface area contributed by atoms with E-state index in [4.69, 9.17) is 9.47 Å². The van der Waals surface area contributed by atoms with Crippen molar-refractivity contribution in [2.24, 2.45) is 0 Å². The van der Waals surface area contributed by atoms with Crippen molar-refractivity contribution in [3.8, 4) is 11.5 Å². The number of hydrogen-bond donors (Lipinski definition) is 1. The molecule has 1 aliphatic heterocycles. The van der Waals surface area contributed by atoms with Gasteiger partial charge in [-0.15, -0.1) is 0 Å². The first-order valence-electron chi connectivity index (χ1n) is 10.5. The summed E-state index contributed by atoms with van der Waals surface area (Å²) in [5.41, 5.74) is 3.74. The number of amides is 1. The van der Waals surface area contributed by atoms with Crippen LogP contribution in [0.1, 0.15) is 54.5 Å². The van der Waals surface area contributed by atoms with Gasteiger partial charge in [-0.05, 0) is 68.0 Å². The zero-order chi connectivity index (χ0) is 20.2. The van der Waals surface area contributed by atoms with Crippen LogP contribution in [-0.4, -0.2) is 38.1 Å². The van der Waals surface area contributed by atoms with Crippen LogP contribution >= 0.6 is 0 Å². The number of benzene rings is 2. The van der Waals surface area contributed by atoms with Crippen molar-refractivity contribution < 1.29 is 14.3 Å². The molecule has 5 nitrogen and oxygen atoms in total. The highest BCUT2D eigenvalue weighted by molar-refractivity contribution is 5.78. The predicted molar refractivity (Wildman–Crippen MR) is 113 cm³/mol. The zero-order valence-corrected chi connectivity index (χ0v) is 17.3. The molecule has 1 fully saturated rings. The van der Waals surface area contributed by atoms with Gasteiger partial charge < -0.3 is 14.8 Å². The zero-order valence-electron chi connectivity index (χ0n) is 17.3. The molecule has 5 heteroatoms. The number of ether oxygens (including phenoxy) is 2. The Hall–Kier alpha value is -2.53. The van der Waals surface area contributed by atoms with Crippen LogP contribution in [0.4, 0.5) is 0 Å². The van der Waals surface area contributed by atoms with Crippen molar-refractivity contribution in [3.63, 3.8) is 0 Å². The molecule has 2 atom stereocenters. The van der Waals surface area contributed by atoms with E-state index >= 15 is 0 Å². The van der Waals surface area contributed by atoms with Crippen molar-refractivity contribution in [2.75, 3.05) is 27.3 Å². The van der Waals surface area contributed by atoms with E-state index in [1.54, 1.807) is 14.2 Å². The van der Waals surface area contributed by atoms with E-state index in [1.165, 1.54) is 11.1 Å². The summed E-state index contributed by atoms with van der Waals surface area (Å²) in [6.07, 6.45) is 5.32. The highest BCUT2D eigenvalue weighted by atomic mass is 16.5. The maximum atomic E-state index is 12.9. The number of nitrogens with zero attached hydrogens (tertiary/aromatic N) is 1. The van der Waals surface area contributed by atoms with Crippen LogP contribution in [0.3, 0.4) is 0 Å². The molecule has 2 aromatic rings. The van der Waals surface area contributed by atoms with Crippen molar-refractivity contribution >= 4 is 5.91 Å². The van der Waals surface area contributed by atoms with Gasteiger partial charge in [-0.1, -0.05) is 24.3 Å². The first kappa shape index (κ1) is 19.8. The predicted octanol–water partition coefficient (Wildman–Crippen LogP) is 4.03. The van der Waals surface area contributed by atoms with Crippen molar-refractivity contribution in [1.82, 2.24) is 10.2 Å². The van der Waals surface area contributed by atoms with Gasteiger partial charge in [0.2, 0.25) is 5.91 Å². The number of nitrogens with one attached hydrogen (secondary N) is 1. The van der Waals surface area contributed by atoms with E-state index in [0.29, 0.717) is 6.54 Å². The lowest BCUT2D eigenvalue weighted by Gasteiger charge is -2.29. The Morgan fingerprint density at radius 1 is 1.07 bits per heavy atom. The quantitative estimate of drug-likeness (QED) is 0.804. The standard InChI is InChI=1S/C24H30N2O3/c1-28-18-12-13-23(29-2)20(15-18)22-11-6-14-26(22)16-24(27)25-21-10-5-8-17-7-3-4-9-19(17)21/h3-4,7,9,12-13,15,21-22H,5-6,8,10-11,14,16H2,1-2H3,(H,25,27)/t21-,22+/m1/s1. The van der Waals surface area contributed by atoms with Gasteiger partial charge >= 0.3 is 0 Å². The molecule has 0 bridgehead atoms. The van der Waals surface area contributed by atoms with Gasteiger partial charge in [0, 0.05) is 11.6 Å². The first-order valence-corrected chi connectivity index (χ1v) is 10.5. The summed E-state index contributed by atoms with van der Waals surface area (Å²) in [4.78, 5) is 15.2. The monoisotopic (exact) mass is 394 g/mol. The summed E-state index contributed by atoms with van der Waals surface area (Å²) in [6, 6.07) is 14.7. The highest BCUT2D eigenvalue weighted by Gasteiger charge is 2.31.